The van der Waals surface area contributed by atoms with E-state index in [9.17, 15) is 5.11 Å². The Balaban J connectivity index is 1.55. The molecule has 0 aromatic carbocycles. The average Bonchev–Trinajstić information content (AvgIpc) is 3.03. The Labute approximate surface area is 192 Å². The molecule has 0 aromatic rings. The summed E-state index contributed by atoms with van der Waals surface area (Å²) in [5.41, 5.74) is 3.64. The van der Waals surface area contributed by atoms with Gasteiger partial charge >= 0.3 is 0 Å². The normalized spacial score (nSPS) is 55.7. The summed E-state index contributed by atoms with van der Waals surface area (Å²) in [6.45, 7) is 20.4. The van der Waals surface area contributed by atoms with Crippen molar-refractivity contribution in [1.29, 1.82) is 0 Å². The lowest BCUT2D eigenvalue weighted by molar-refractivity contribution is -0.201. The summed E-state index contributed by atoms with van der Waals surface area (Å²) in [7, 11) is 0. The van der Waals surface area contributed by atoms with Crippen LogP contribution < -0.4 is 0 Å². The maximum atomic E-state index is 10.9. The van der Waals surface area contributed by atoms with E-state index in [2.05, 4.69) is 61.5 Å². The molecule has 1 N–H and O–H groups in total. The van der Waals surface area contributed by atoms with Gasteiger partial charge in [0.05, 0.1) is 6.10 Å². The zero-order chi connectivity index (χ0) is 22.6. The third-order valence-electron chi connectivity index (χ3n) is 13.3. The molecule has 0 radical (unpaired) electrons. The molecule has 0 aliphatic heterocycles. The van der Waals surface area contributed by atoms with Crippen molar-refractivity contribution in [3.8, 4) is 0 Å². The second kappa shape index (κ2) is 6.64. The maximum absolute atomic E-state index is 10.9. The first kappa shape index (κ1) is 22.5. The summed E-state index contributed by atoms with van der Waals surface area (Å²) in [6, 6.07) is 0. The second-order valence-electron chi connectivity index (χ2n) is 14.7. The molecule has 0 saturated heterocycles. The van der Waals surface area contributed by atoms with E-state index < -0.39 is 0 Å². The van der Waals surface area contributed by atoms with Gasteiger partial charge < -0.3 is 5.11 Å². The molecule has 5 aliphatic carbocycles. The number of aliphatic hydroxyl groups is 1. The highest BCUT2D eigenvalue weighted by Crippen LogP contribution is 2.76. The largest absolute Gasteiger partial charge is 0.393 e. The fourth-order valence-corrected chi connectivity index (χ4v) is 11.2. The average molecular weight is 427 g/mol. The van der Waals surface area contributed by atoms with Crippen LogP contribution in [0.25, 0.3) is 0 Å². The second-order valence-corrected chi connectivity index (χ2v) is 14.7. The van der Waals surface area contributed by atoms with Crippen LogP contribution in [0, 0.1) is 56.7 Å². The number of fused-ring (bicyclic) bond motifs is 7. The molecule has 0 amide bonds. The number of aliphatic hydroxyl groups excluding tert-OH is 1. The van der Waals surface area contributed by atoms with Crippen LogP contribution in [0.5, 0.6) is 0 Å². The van der Waals surface area contributed by atoms with Crippen molar-refractivity contribution in [2.75, 3.05) is 0 Å². The van der Waals surface area contributed by atoms with Crippen molar-refractivity contribution in [2.45, 2.75) is 119 Å². The molecule has 0 heterocycles. The molecular weight excluding hydrogens is 376 g/mol. The molecule has 5 rings (SSSR count). The van der Waals surface area contributed by atoms with Gasteiger partial charge in [0.1, 0.15) is 0 Å². The summed E-state index contributed by atoms with van der Waals surface area (Å²) in [6.07, 6.45) is 14.6. The summed E-state index contributed by atoms with van der Waals surface area (Å²) < 4.78 is 0. The van der Waals surface area contributed by atoms with Crippen LogP contribution in [0.15, 0.2) is 11.6 Å². The molecule has 1 nitrogen and oxygen atoms in total. The van der Waals surface area contributed by atoms with Gasteiger partial charge in [-0.25, -0.2) is 0 Å². The van der Waals surface area contributed by atoms with Gasteiger partial charge in [0.15, 0.2) is 0 Å². The molecule has 0 spiro atoms. The molecule has 9 unspecified atom stereocenters. The van der Waals surface area contributed by atoms with E-state index in [-0.39, 0.29) is 11.5 Å². The fraction of sp³-hybridized carbons (Fsp3) is 0.933. The zero-order valence-electron chi connectivity index (χ0n) is 21.9. The summed E-state index contributed by atoms with van der Waals surface area (Å²) in [5, 5.41) is 10.9. The molecule has 4 fully saturated rings. The van der Waals surface area contributed by atoms with E-state index in [1.165, 1.54) is 51.4 Å². The molecule has 0 bridgehead atoms. The highest BCUT2D eigenvalue weighted by molar-refractivity contribution is 5.34. The lowest BCUT2D eigenvalue weighted by atomic mass is 9.34. The zero-order valence-corrected chi connectivity index (χ0v) is 21.9. The highest BCUT2D eigenvalue weighted by atomic mass is 16.3. The predicted molar refractivity (Wildman–Crippen MR) is 131 cm³/mol. The van der Waals surface area contributed by atoms with Gasteiger partial charge in [0.25, 0.3) is 0 Å². The van der Waals surface area contributed by atoms with E-state index in [4.69, 9.17) is 0 Å². The summed E-state index contributed by atoms with van der Waals surface area (Å²) in [5.74, 6) is 3.98. The quantitative estimate of drug-likeness (QED) is 0.421. The Morgan fingerprint density at radius 1 is 0.806 bits per heavy atom. The van der Waals surface area contributed by atoms with Crippen molar-refractivity contribution < 1.29 is 5.11 Å². The molecule has 4 saturated carbocycles. The Hall–Kier alpha value is -0.300. The summed E-state index contributed by atoms with van der Waals surface area (Å²) in [4.78, 5) is 0. The molecule has 5 aliphatic rings. The Morgan fingerprint density at radius 3 is 2.19 bits per heavy atom. The molecule has 31 heavy (non-hydrogen) atoms. The Kier molecular flexibility index (Phi) is 4.82. The Morgan fingerprint density at radius 2 is 1.52 bits per heavy atom. The van der Waals surface area contributed by atoms with E-state index >= 15 is 0 Å². The molecule has 1 heteroatoms. The summed E-state index contributed by atoms with van der Waals surface area (Å²) >= 11 is 0. The number of rotatable bonds is 1. The fourth-order valence-electron chi connectivity index (χ4n) is 11.2. The molecule has 9 atom stereocenters. The van der Waals surface area contributed by atoms with Crippen LogP contribution in [0.1, 0.15) is 113 Å². The topological polar surface area (TPSA) is 20.2 Å². The van der Waals surface area contributed by atoms with Gasteiger partial charge in [-0.3, -0.25) is 0 Å². The smallest absolute Gasteiger partial charge is 0.0594 e. The minimum atomic E-state index is -0.123. The van der Waals surface area contributed by atoms with Crippen LogP contribution in [-0.4, -0.2) is 11.2 Å². The third kappa shape index (κ3) is 2.60. The predicted octanol–water partition coefficient (Wildman–Crippen LogP) is 8.02. The van der Waals surface area contributed by atoms with Gasteiger partial charge in [0, 0.05) is 0 Å². The first-order valence-corrected chi connectivity index (χ1v) is 13.7. The lowest BCUT2D eigenvalue weighted by Gasteiger charge is -2.70. The number of hydrogen-bond donors (Lipinski definition) is 1. The van der Waals surface area contributed by atoms with Gasteiger partial charge in [-0.2, -0.15) is 0 Å². The standard InChI is InChI=1S/C30H50O/c1-19(2)20-9-10-21-22-11-12-24-28(6)15-14-25(31)26(3,4)23(28)13-16-30(24,8)29(22,7)18-17-27(20,21)5/h11,19-21,23-25,31H,9-10,12-18H2,1-8H3. The van der Waals surface area contributed by atoms with Crippen LogP contribution in [0.4, 0.5) is 0 Å². The van der Waals surface area contributed by atoms with Gasteiger partial charge in [-0.1, -0.05) is 67.0 Å². The molecular formula is C30H50O. The van der Waals surface area contributed by atoms with Crippen LogP contribution in [0.2, 0.25) is 0 Å². The van der Waals surface area contributed by atoms with Crippen LogP contribution >= 0.6 is 0 Å². The maximum Gasteiger partial charge on any atom is 0.0594 e. The van der Waals surface area contributed by atoms with E-state index in [1.54, 1.807) is 0 Å². The van der Waals surface area contributed by atoms with Gasteiger partial charge in [0.2, 0.25) is 0 Å². The van der Waals surface area contributed by atoms with Gasteiger partial charge in [-0.15, -0.1) is 0 Å². The number of hydrogen-bond acceptors (Lipinski definition) is 1. The monoisotopic (exact) mass is 426 g/mol. The van der Waals surface area contributed by atoms with Crippen molar-refractivity contribution in [1.82, 2.24) is 0 Å². The molecule has 176 valence electrons. The first-order valence-electron chi connectivity index (χ1n) is 13.7. The van der Waals surface area contributed by atoms with Crippen molar-refractivity contribution in [3.63, 3.8) is 0 Å². The third-order valence-corrected chi connectivity index (χ3v) is 13.3. The van der Waals surface area contributed by atoms with Crippen LogP contribution in [0.3, 0.4) is 0 Å². The highest BCUT2D eigenvalue weighted by Gasteiger charge is 2.68. The van der Waals surface area contributed by atoms with Gasteiger partial charge in [-0.05, 0) is 114 Å². The minimum absolute atomic E-state index is 0.0559. The Bertz CT molecular complexity index is 777. The van der Waals surface area contributed by atoms with Crippen molar-refractivity contribution >= 4 is 0 Å². The van der Waals surface area contributed by atoms with E-state index in [1.807, 2.05) is 5.57 Å². The first-order chi connectivity index (χ1) is 14.3. The van der Waals surface area contributed by atoms with Crippen molar-refractivity contribution in [3.05, 3.63) is 11.6 Å². The van der Waals surface area contributed by atoms with E-state index in [0.29, 0.717) is 27.6 Å². The lowest BCUT2D eigenvalue weighted by Crippen LogP contribution is -2.64. The van der Waals surface area contributed by atoms with Crippen molar-refractivity contribution in [2.24, 2.45) is 56.7 Å². The minimum Gasteiger partial charge on any atom is -0.393 e. The van der Waals surface area contributed by atoms with E-state index in [0.717, 1.165) is 30.1 Å². The SMILES string of the molecule is CC(C)C1CCC2C3=CCC4C5(C)CCC(O)C(C)(C)C5CCC4(C)C3(C)CCC21C. The molecule has 0 aromatic heterocycles. The number of allylic oxidation sites excluding steroid dienone is 2. The van der Waals surface area contributed by atoms with Crippen LogP contribution in [-0.2, 0) is 0 Å².